The van der Waals surface area contributed by atoms with Crippen molar-refractivity contribution < 1.29 is 4.79 Å². The number of anilines is 1. The van der Waals surface area contributed by atoms with Gasteiger partial charge in [0.25, 0.3) is 0 Å². The molecule has 5 nitrogen and oxygen atoms in total. The van der Waals surface area contributed by atoms with Crippen molar-refractivity contribution in [3.63, 3.8) is 0 Å². The first-order chi connectivity index (χ1) is 10.1. The van der Waals surface area contributed by atoms with E-state index in [9.17, 15) is 4.79 Å². The number of unbranched alkanes of at least 4 members (excludes halogenated alkanes) is 1. The third-order valence-corrected chi connectivity index (χ3v) is 3.93. The molecule has 3 N–H and O–H groups in total. The molecular weight excluding hydrogens is 264 g/mol. The van der Waals surface area contributed by atoms with Gasteiger partial charge in [-0.05, 0) is 44.9 Å². The molecule has 0 aromatic carbocycles. The number of amides is 1. The molecule has 1 aromatic heterocycles. The second kappa shape index (κ2) is 7.41. The summed E-state index contributed by atoms with van der Waals surface area (Å²) in [6, 6.07) is 4.08. The molecule has 1 amide bonds. The molecule has 0 radical (unpaired) electrons. The number of nitrogens with two attached hydrogens (primary N) is 1. The van der Waals surface area contributed by atoms with E-state index in [1.807, 2.05) is 13.0 Å². The largest absolute Gasteiger partial charge is 0.366 e. The minimum absolute atomic E-state index is 0.392. The molecule has 1 fully saturated rings. The number of nitrogens with zero attached hydrogens (tertiary/aromatic N) is 2. The number of nitrogens with one attached hydrogen (secondary N) is 1. The van der Waals surface area contributed by atoms with Crippen molar-refractivity contribution in [3.05, 3.63) is 23.4 Å². The topological polar surface area (TPSA) is 71.2 Å². The average molecular weight is 290 g/mol. The number of hydrogen-bond donors (Lipinski definition) is 2. The third-order valence-electron chi connectivity index (χ3n) is 3.93. The molecule has 1 atom stereocenters. The zero-order valence-corrected chi connectivity index (χ0v) is 13.1. The Morgan fingerprint density at radius 1 is 1.52 bits per heavy atom. The monoisotopic (exact) mass is 290 g/mol. The predicted molar refractivity (Wildman–Crippen MR) is 85.6 cm³/mol. The van der Waals surface area contributed by atoms with E-state index in [-0.39, 0.29) is 0 Å². The normalized spacial score (nSPS) is 17.9. The Morgan fingerprint density at radius 2 is 2.33 bits per heavy atom. The Kier molecular flexibility index (Phi) is 5.56. The quantitative estimate of drug-likeness (QED) is 0.804. The Bertz CT molecular complexity index is 483. The Hall–Kier alpha value is -1.62. The van der Waals surface area contributed by atoms with Crippen molar-refractivity contribution in [2.24, 2.45) is 5.73 Å². The van der Waals surface area contributed by atoms with Crippen LogP contribution >= 0.6 is 0 Å². The van der Waals surface area contributed by atoms with E-state index in [1.54, 1.807) is 6.07 Å². The molecule has 2 heterocycles. The van der Waals surface area contributed by atoms with Gasteiger partial charge in [0.05, 0.1) is 0 Å². The third kappa shape index (κ3) is 4.43. The zero-order valence-electron chi connectivity index (χ0n) is 13.1. The fourth-order valence-corrected chi connectivity index (χ4v) is 2.78. The number of aromatic nitrogens is 1. The van der Waals surface area contributed by atoms with Crippen molar-refractivity contribution in [1.29, 1.82) is 0 Å². The van der Waals surface area contributed by atoms with Crippen LogP contribution in [0.3, 0.4) is 0 Å². The summed E-state index contributed by atoms with van der Waals surface area (Å²) in [4.78, 5) is 18.3. The van der Waals surface area contributed by atoms with Crippen LogP contribution < -0.4 is 16.0 Å². The summed E-state index contributed by atoms with van der Waals surface area (Å²) in [7, 11) is 0. The van der Waals surface area contributed by atoms with Gasteiger partial charge < -0.3 is 16.0 Å². The van der Waals surface area contributed by atoms with E-state index < -0.39 is 5.91 Å². The van der Waals surface area contributed by atoms with Gasteiger partial charge in [-0.3, -0.25) is 4.79 Å². The molecular formula is C16H26N4O. The Labute approximate surface area is 126 Å². The summed E-state index contributed by atoms with van der Waals surface area (Å²) in [6.45, 7) is 7.09. The number of pyridine rings is 1. The zero-order chi connectivity index (χ0) is 15.2. The van der Waals surface area contributed by atoms with E-state index in [0.29, 0.717) is 11.6 Å². The van der Waals surface area contributed by atoms with Gasteiger partial charge in [-0.2, -0.15) is 0 Å². The van der Waals surface area contributed by atoms with Gasteiger partial charge >= 0.3 is 0 Å². The lowest BCUT2D eigenvalue weighted by Gasteiger charge is -2.27. The predicted octanol–water partition coefficient (Wildman–Crippen LogP) is 1.85. The highest BCUT2D eigenvalue weighted by Gasteiger charge is 2.19. The number of hydrogen-bond acceptors (Lipinski definition) is 4. The van der Waals surface area contributed by atoms with Crippen LogP contribution in [0.2, 0.25) is 0 Å². The SMILES string of the molecule is CCCCN(CC1CCCN1)c1cc(C(N)=O)cc(C)n1. The van der Waals surface area contributed by atoms with Crippen molar-refractivity contribution in [2.45, 2.75) is 45.6 Å². The lowest BCUT2D eigenvalue weighted by atomic mass is 10.1. The Morgan fingerprint density at radius 3 is 2.95 bits per heavy atom. The lowest BCUT2D eigenvalue weighted by molar-refractivity contribution is 0.1000. The van der Waals surface area contributed by atoms with Crippen LogP contribution in [0, 0.1) is 6.92 Å². The van der Waals surface area contributed by atoms with E-state index in [2.05, 4.69) is 22.1 Å². The molecule has 5 heteroatoms. The summed E-state index contributed by atoms with van der Waals surface area (Å²) in [5.74, 6) is 0.474. The maximum absolute atomic E-state index is 11.5. The highest BCUT2D eigenvalue weighted by Crippen LogP contribution is 2.18. The van der Waals surface area contributed by atoms with Gasteiger partial charge in [-0.1, -0.05) is 13.3 Å². The van der Waals surface area contributed by atoms with Gasteiger partial charge in [0.2, 0.25) is 5.91 Å². The highest BCUT2D eigenvalue weighted by atomic mass is 16.1. The van der Waals surface area contributed by atoms with Gasteiger partial charge in [0, 0.05) is 30.4 Å². The summed E-state index contributed by atoms with van der Waals surface area (Å²) < 4.78 is 0. The van der Waals surface area contributed by atoms with E-state index in [0.717, 1.165) is 44.0 Å². The molecule has 1 aliphatic rings. The van der Waals surface area contributed by atoms with Crippen LogP contribution in [0.4, 0.5) is 5.82 Å². The van der Waals surface area contributed by atoms with Crippen molar-refractivity contribution in [2.75, 3.05) is 24.5 Å². The van der Waals surface area contributed by atoms with Gasteiger partial charge in [-0.15, -0.1) is 0 Å². The number of carbonyl (C=O) groups is 1. The molecule has 0 saturated carbocycles. The summed E-state index contributed by atoms with van der Waals surface area (Å²) >= 11 is 0. The molecule has 2 rings (SSSR count). The van der Waals surface area contributed by atoms with Crippen LogP contribution in [0.5, 0.6) is 0 Å². The van der Waals surface area contributed by atoms with Crippen LogP contribution in [-0.2, 0) is 0 Å². The highest BCUT2D eigenvalue weighted by molar-refractivity contribution is 5.93. The molecule has 1 saturated heterocycles. The van der Waals surface area contributed by atoms with E-state index in [4.69, 9.17) is 5.73 Å². The molecule has 1 aliphatic heterocycles. The summed E-state index contributed by atoms with van der Waals surface area (Å²) in [5.41, 5.74) is 6.79. The average Bonchev–Trinajstić information content (AvgIpc) is 2.95. The molecule has 0 bridgehead atoms. The van der Waals surface area contributed by atoms with Crippen LogP contribution in [0.15, 0.2) is 12.1 Å². The molecule has 1 unspecified atom stereocenters. The minimum atomic E-state index is -0.392. The lowest BCUT2D eigenvalue weighted by Crippen LogP contribution is -2.38. The first kappa shape index (κ1) is 15.8. The first-order valence-corrected chi connectivity index (χ1v) is 7.87. The fraction of sp³-hybridized carbons (Fsp3) is 0.625. The standard InChI is InChI=1S/C16H26N4O/c1-3-4-8-20(11-14-6-5-7-18-14)15-10-13(16(17)21)9-12(2)19-15/h9-10,14,18H,3-8,11H2,1-2H3,(H2,17,21). The molecule has 1 aromatic rings. The Balaban J connectivity index is 2.19. The minimum Gasteiger partial charge on any atom is -0.366 e. The number of rotatable bonds is 7. The maximum Gasteiger partial charge on any atom is 0.248 e. The fourth-order valence-electron chi connectivity index (χ4n) is 2.78. The number of carbonyl (C=O) groups excluding carboxylic acids is 1. The number of aryl methyl sites for hydroxylation is 1. The second-order valence-electron chi connectivity index (χ2n) is 5.81. The van der Waals surface area contributed by atoms with Crippen LogP contribution in [0.1, 0.15) is 48.7 Å². The van der Waals surface area contributed by atoms with Gasteiger partial charge in [-0.25, -0.2) is 4.98 Å². The van der Waals surface area contributed by atoms with Crippen molar-refractivity contribution in [3.8, 4) is 0 Å². The van der Waals surface area contributed by atoms with Crippen molar-refractivity contribution >= 4 is 11.7 Å². The smallest absolute Gasteiger partial charge is 0.248 e. The molecule has 21 heavy (non-hydrogen) atoms. The summed E-state index contributed by atoms with van der Waals surface area (Å²) in [6.07, 6.45) is 4.70. The molecule has 0 spiro atoms. The van der Waals surface area contributed by atoms with Crippen LogP contribution in [0.25, 0.3) is 0 Å². The first-order valence-electron chi connectivity index (χ1n) is 7.87. The molecule has 0 aliphatic carbocycles. The maximum atomic E-state index is 11.5. The number of primary amides is 1. The van der Waals surface area contributed by atoms with Crippen molar-refractivity contribution in [1.82, 2.24) is 10.3 Å². The van der Waals surface area contributed by atoms with Gasteiger partial charge in [0.15, 0.2) is 0 Å². The van der Waals surface area contributed by atoms with Crippen LogP contribution in [-0.4, -0.2) is 36.6 Å². The van der Waals surface area contributed by atoms with Gasteiger partial charge in [0.1, 0.15) is 5.82 Å². The van der Waals surface area contributed by atoms with E-state index >= 15 is 0 Å². The van der Waals surface area contributed by atoms with E-state index in [1.165, 1.54) is 12.8 Å². The second-order valence-corrected chi connectivity index (χ2v) is 5.81. The summed E-state index contributed by atoms with van der Waals surface area (Å²) in [5, 5.41) is 3.52. The molecule has 116 valence electrons.